The van der Waals surface area contributed by atoms with Gasteiger partial charge in [0.05, 0.1) is 11.3 Å². The number of thioether (sulfide) groups is 1. The van der Waals surface area contributed by atoms with Crippen LogP contribution in [0.3, 0.4) is 0 Å². The minimum Gasteiger partial charge on any atom is -0.490 e. The zero-order valence-electron chi connectivity index (χ0n) is 28.3. The Labute approximate surface area is 299 Å². The van der Waals surface area contributed by atoms with Crippen molar-refractivity contribution in [3.63, 3.8) is 0 Å². The topological polar surface area (TPSA) is 47.0 Å². The molecule has 6 heteroatoms. The summed E-state index contributed by atoms with van der Waals surface area (Å²) >= 11 is 2.04. The fourth-order valence-electron chi connectivity index (χ4n) is 6.80. The maximum atomic E-state index is 5.98. The van der Waals surface area contributed by atoms with Crippen LogP contribution in [0.1, 0.15) is 34.7 Å². The van der Waals surface area contributed by atoms with Gasteiger partial charge in [-0.15, -0.1) is 11.8 Å². The third kappa shape index (κ3) is 7.52. The molecule has 0 saturated carbocycles. The third-order valence-corrected chi connectivity index (χ3v) is 10.5. The van der Waals surface area contributed by atoms with Crippen LogP contribution in [0.4, 0.5) is 0 Å². The molecule has 1 aromatic heterocycles. The van der Waals surface area contributed by atoms with Crippen LogP contribution in [0.5, 0.6) is 5.75 Å². The molecule has 7 rings (SSSR count). The van der Waals surface area contributed by atoms with Crippen LogP contribution in [0.15, 0.2) is 169 Å². The summed E-state index contributed by atoms with van der Waals surface area (Å²) in [6.07, 6.45) is 4.64. The van der Waals surface area contributed by atoms with Gasteiger partial charge < -0.3 is 9.57 Å². The van der Waals surface area contributed by atoms with E-state index in [1.165, 1.54) is 22.3 Å². The number of hydrogen-bond acceptors (Lipinski definition) is 6. The summed E-state index contributed by atoms with van der Waals surface area (Å²) in [6, 6.07) is 53.7. The average molecular weight is 676 g/mol. The highest BCUT2D eigenvalue weighted by molar-refractivity contribution is 8.00. The molecule has 1 saturated heterocycles. The van der Waals surface area contributed by atoms with Crippen LogP contribution >= 0.6 is 11.8 Å². The highest BCUT2D eigenvalue weighted by Gasteiger charge is 2.45. The van der Waals surface area contributed by atoms with Crippen molar-refractivity contribution < 1.29 is 9.57 Å². The summed E-state index contributed by atoms with van der Waals surface area (Å²) in [5.74, 6) is 1.78. The summed E-state index contributed by atoms with van der Waals surface area (Å²) in [6.45, 7) is 3.72. The largest absolute Gasteiger partial charge is 0.490 e. The van der Waals surface area contributed by atoms with Crippen molar-refractivity contribution >= 4 is 17.5 Å². The second kappa shape index (κ2) is 16.0. The fraction of sp³-hybridized carbons (Fsp3) is 0.182. The number of benzene rings is 5. The van der Waals surface area contributed by atoms with Crippen molar-refractivity contribution in [3.05, 3.63) is 192 Å². The summed E-state index contributed by atoms with van der Waals surface area (Å²) in [5.41, 5.74) is 8.86. The lowest BCUT2D eigenvalue weighted by atomic mass is 9.75. The first kappa shape index (κ1) is 33.3. The molecule has 1 fully saturated rings. The molecule has 1 atom stereocenters. The lowest BCUT2D eigenvalue weighted by Crippen LogP contribution is -2.47. The van der Waals surface area contributed by atoms with Crippen molar-refractivity contribution in [3.8, 4) is 16.9 Å². The zero-order chi connectivity index (χ0) is 34.0. The smallest absolute Gasteiger partial charge is 0.151 e. The van der Waals surface area contributed by atoms with E-state index in [-0.39, 0.29) is 5.54 Å². The van der Waals surface area contributed by atoms with Gasteiger partial charge in [-0.25, -0.2) is 0 Å². The first-order valence-electron chi connectivity index (χ1n) is 17.1. The van der Waals surface area contributed by atoms with Gasteiger partial charge in [0.15, 0.2) is 6.61 Å². The van der Waals surface area contributed by atoms with E-state index in [9.17, 15) is 0 Å². The van der Waals surface area contributed by atoms with Crippen molar-refractivity contribution in [1.29, 1.82) is 0 Å². The molecule has 6 aromatic rings. The zero-order valence-corrected chi connectivity index (χ0v) is 29.1. The van der Waals surface area contributed by atoms with E-state index in [4.69, 9.17) is 9.57 Å². The number of aromatic nitrogens is 1. The Balaban J connectivity index is 0.947. The van der Waals surface area contributed by atoms with Crippen LogP contribution in [-0.2, 0) is 16.8 Å². The van der Waals surface area contributed by atoms with Gasteiger partial charge in [-0.1, -0.05) is 139 Å². The lowest BCUT2D eigenvalue weighted by Gasteiger charge is -2.43. The van der Waals surface area contributed by atoms with E-state index in [0.29, 0.717) is 18.5 Å². The number of pyridine rings is 1. The molecule has 1 unspecified atom stereocenters. The molecule has 0 spiro atoms. The van der Waals surface area contributed by atoms with Crippen molar-refractivity contribution in [2.75, 3.05) is 25.6 Å². The number of oxime groups is 1. The summed E-state index contributed by atoms with van der Waals surface area (Å²) < 4.78 is 5.98. The Bertz CT molecular complexity index is 1860. The maximum absolute atomic E-state index is 5.98. The molecular formula is C44H41N3O2S. The number of nitrogens with zero attached hydrogens (tertiary/aromatic N) is 3. The van der Waals surface area contributed by atoms with Crippen molar-refractivity contribution in [2.45, 2.75) is 24.1 Å². The Kier molecular flexibility index (Phi) is 10.7. The Morgan fingerprint density at radius 1 is 0.720 bits per heavy atom. The van der Waals surface area contributed by atoms with Gasteiger partial charge in [0, 0.05) is 30.1 Å². The quantitative estimate of drug-likeness (QED) is 0.0528. The third-order valence-electron chi connectivity index (χ3n) is 9.27. The maximum Gasteiger partial charge on any atom is 0.151 e. The van der Waals surface area contributed by atoms with Crippen molar-refractivity contribution in [1.82, 2.24) is 9.88 Å². The van der Waals surface area contributed by atoms with Crippen LogP contribution < -0.4 is 4.74 Å². The highest BCUT2D eigenvalue weighted by atomic mass is 32.2. The standard InChI is InChI=1S/C44H41N3O2S/c1-34(36-21-23-37(24-22-36)38-12-11-27-45-31-38)46-49-29-28-48-42-25-19-35(20-26-42)30-43-32-47(33-50-43)44(39-13-5-2-6-14-39,40-15-7-3-8-16-40)41-17-9-4-10-18-41/h2-27,31,43H,28-30,32-33H2,1H3. The van der Waals surface area contributed by atoms with Crippen LogP contribution in [0.2, 0.25) is 0 Å². The fourth-order valence-corrected chi connectivity index (χ4v) is 8.09. The molecule has 0 radical (unpaired) electrons. The highest BCUT2D eigenvalue weighted by Crippen LogP contribution is 2.46. The normalized spacial score (nSPS) is 15.1. The van der Waals surface area contributed by atoms with Gasteiger partial charge in [0.1, 0.15) is 12.4 Å². The minimum atomic E-state index is -0.376. The molecule has 0 amide bonds. The molecule has 5 nitrogen and oxygen atoms in total. The van der Waals surface area contributed by atoms with Crippen LogP contribution in [-0.4, -0.2) is 46.5 Å². The van der Waals surface area contributed by atoms with E-state index in [0.717, 1.165) is 47.0 Å². The van der Waals surface area contributed by atoms with E-state index in [1.54, 1.807) is 6.20 Å². The lowest BCUT2D eigenvalue weighted by molar-refractivity contribution is 0.107. The number of rotatable bonds is 13. The Hall–Kier alpha value is -5.17. The van der Waals surface area contributed by atoms with Gasteiger partial charge >= 0.3 is 0 Å². The summed E-state index contributed by atoms with van der Waals surface area (Å²) in [4.78, 5) is 12.4. The van der Waals surface area contributed by atoms with Crippen LogP contribution in [0.25, 0.3) is 11.1 Å². The molecule has 5 aromatic carbocycles. The molecule has 0 N–H and O–H groups in total. The second-order valence-electron chi connectivity index (χ2n) is 12.5. The Morgan fingerprint density at radius 2 is 1.34 bits per heavy atom. The molecular weight excluding hydrogens is 635 g/mol. The van der Waals surface area contributed by atoms with Gasteiger partial charge in [-0.3, -0.25) is 9.88 Å². The van der Waals surface area contributed by atoms with Gasteiger partial charge in [-0.05, 0) is 70.5 Å². The first-order chi connectivity index (χ1) is 24.7. The summed E-state index contributed by atoms with van der Waals surface area (Å²) in [7, 11) is 0. The van der Waals surface area contributed by atoms with Crippen LogP contribution in [0, 0.1) is 0 Å². The molecule has 2 heterocycles. The summed E-state index contributed by atoms with van der Waals surface area (Å²) in [5, 5.41) is 4.77. The monoisotopic (exact) mass is 675 g/mol. The van der Waals surface area contributed by atoms with E-state index in [1.807, 2.05) is 30.9 Å². The second-order valence-corrected chi connectivity index (χ2v) is 13.7. The molecule has 1 aliphatic heterocycles. The van der Waals surface area contributed by atoms with Gasteiger partial charge in [-0.2, -0.15) is 0 Å². The van der Waals surface area contributed by atoms with E-state index >= 15 is 0 Å². The van der Waals surface area contributed by atoms with E-state index in [2.05, 4.69) is 161 Å². The first-order valence-corrected chi connectivity index (χ1v) is 18.2. The number of ether oxygens (including phenoxy) is 1. The molecule has 50 heavy (non-hydrogen) atoms. The minimum absolute atomic E-state index is 0.368. The SMILES string of the molecule is CC(=NOCCOc1ccc(CC2CN(C(c3ccccc3)(c3ccccc3)c3ccccc3)CS2)cc1)c1ccc(-c2cccnc2)cc1. The van der Waals surface area contributed by atoms with Gasteiger partial charge in [0.25, 0.3) is 0 Å². The van der Waals surface area contributed by atoms with Crippen molar-refractivity contribution in [2.24, 2.45) is 5.16 Å². The average Bonchev–Trinajstić information content (AvgIpc) is 3.65. The number of hydrogen-bond donors (Lipinski definition) is 0. The predicted molar refractivity (Wildman–Crippen MR) is 206 cm³/mol. The Morgan fingerprint density at radius 3 is 1.92 bits per heavy atom. The molecule has 250 valence electrons. The molecule has 0 aliphatic carbocycles. The molecule has 0 bridgehead atoms. The van der Waals surface area contributed by atoms with E-state index < -0.39 is 0 Å². The van der Waals surface area contributed by atoms with Gasteiger partial charge in [0.2, 0.25) is 0 Å². The molecule has 1 aliphatic rings. The predicted octanol–water partition coefficient (Wildman–Crippen LogP) is 9.48.